The number of ether oxygens (including phenoxy) is 4. The maximum Gasteiger partial charge on any atom is 0.161 e. The Morgan fingerprint density at radius 3 is 2.09 bits per heavy atom. The second-order valence-electron chi connectivity index (χ2n) is 7.15. The van der Waals surface area contributed by atoms with E-state index in [2.05, 4.69) is 0 Å². The molecule has 0 amide bonds. The van der Waals surface area contributed by atoms with E-state index in [1.165, 1.54) is 66.6 Å². The summed E-state index contributed by atoms with van der Waals surface area (Å²) in [6, 6.07) is 8.95. The van der Waals surface area contributed by atoms with Crippen molar-refractivity contribution < 1.29 is 36.8 Å². The summed E-state index contributed by atoms with van der Waals surface area (Å²) in [6.07, 6.45) is -11.0. The molecular formula is C27H38N2O4. The highest BCUT2D eigenvalue weighted by molar-refractivity contribution is 5.47. The van der Waals surface area contributed by atoms with Crippen LogP contribution in [0.15, 0.2) is 36.4 Å². The number of aryl methyl sites for hydroxylation is 1. The zero-order valence-corrected chi connectivity index (χ0v) is 19.6. The van der Waals surface area contributed by atoms with Crippen LogP contribution in [-0.2, 0) is 11.8 Å². The molecule has 1 unspecified atom stereocenters. The van der Waals surface area contributed by atoms with E-state index in [-0.39, 0.29) is 28.6 Å². The molecule has 2 rings (SSSR count). The summed E-state index contributed by atoms with van der Waals surface area (Å²) in [5.74, 6) is -0.775. The summed E-state index contributed by atoms with van der Waals surface area (Å²) in [5, 5.41) is 10.6. The Labute approximate surface area is 217 Å². The fourth-order valence-corrected chi connectivity index (χ4v) is 3.10. The Kier molecular flexibility index (Phi) is 4.91. The maximum absolute atomic E-state index is 10.6. The highest BCUT2D eigenvalue weighted by atomic mass is 16.5. The zero-order valence-electron chi connectivity index (χ0n) is 32.6. The second kappa shape index (κ2) is 12.4. The van der Waals surface area contributed by atoms with E-state index in [1.807, 2.05) is 0 Å². The van der Waals surface area contributed by atoms with Crippen molar-refractivity contribution in [1.82, 2.24) is 4.90 Å². The van der Waals surface area contributed by atoms with Crippen LogP contribution in [-0.4, -0.2) is 53.3 Å². The van der Waals surface area contributed by atoms with Gasteiger partial charge in [0.25, 0.3) is 0 Å². The third-order valence-corrected chi connectivity index (χ3v) is 5.00. The van der Waals surface area contributed by atoms with Gasteiger partial charge in [-0.1, -0.05) is 26.0 Å². The lowest BCUT2D eigenvalue weighted by atomic mass is 9.69. The van der Waals surface area contributed by atoms with Crippen LogP contribution in [0.2, 0.25) is 0 Å². The van der Waals surface area contributed by atoms with E-state index >= 15 is 0 Å². The number of hydrogen-bond acceptors (Lipinski definition) is 6. The summed E-state index contributed by atoms with van der Waals surface area (Å²) in [5.41, 5.74) is -3.21. The predicted octanol–water partition coefficient (Wildman–Crippen LogP) is 5.09. The van der Waals surface area contributed by atoms with Gasteiger partial charge in [-0.05, 0) is 73.9 Å². The van der Waals surface area contributed by atoms with Gasteiger partial charge in [0.15, 0.2) is 23.0 Å². The minimum absolute atomic E-state index is 0.0446. The quantitative estimate of drug-likeness (QED) is 0.409. The summed E-state index contributed by atoms with van der Waals surface area (Å²) >= 11 is 0. The molecule has 6 heteroatoms. The molecule has 2 aromatic rings. The van der Waals surface area contributed by atoms with E-state index in [9.17, 15) is 5.26 Å². The summed E-state index contributed by atoms with van der Waals surface area (Å²) < 4.78 is 134. The molecule has 0 aliphatic rings. The van der Waals surface area contributed by atoms with Gasteiger partial charge in [0, 0.05) is 24.3 Å². The van der Waals surface area contributed by atoms with Crippen molar-refractivity contribution in [1.29, 1.82) is 5.26 Å². The number of benzene rings is 2. The first-order valence-electron chi connectivity index (χ1n) is 16.5. The number of nitrogens with zero attached hydrogens (tertiary/aromatic N) is 2. The minimum Gasteiger partial charge on any atom is -0.493 e. The Hall–Kier alpha value is -2.91. The van der Waals surface area contributed by atoms with Crippen molar-refractivity contribution in [3.05, 3.63) is 47.5 Å². The number of methoxy groups -OCH3 is 4. The molecule has 180 valence electrons. The highest BCUT2D eigenvalue weighted by Crippen LogP contribution is 2.40. The molecule has 1 atom stereocenters. The van der Waals surface area contributed by atoms with Crippen LogP contribution < -0.4 is 18.9 Å². The van der Waals surface area contributed by atoms with Crippen molar-refractivity contribution >= 4 is 0 Å². The van der Waals surface area contributed by atoms with Gasteiger partial charge in [-0.15, -0.1) is 0 Å². The van der Waals surface area contributed by atoms with Crippen molar-refractivity contribution in [2.75, 3.05) is 48.4 Å². The van der Waals surface area contributed by atoms with Gasteiger partial charge >= 0.3 is 0 Å². The predicted molar refractivity (Wildman–Crippen MR) is 132 cm³/mol. The van der Waals surface area contributed by atoms with Crippen molar-refractivity contribution in [2.45, 2.75) is 38.4 Å². The molecule has 0 aliphatic heterocycles. The van der Waals surface area contributed by atoms with Gasteiger partial charge in [-0.2, -0.15) is 5.26 Å². The number of nitriles is 1. The van der Waals surface area contributed by atoms with Crippen LogP contribution in [0.4, 0.5) is 0 Å². The second-order valence-corrected chi connectivity index (χ2v) is 7.15. The van der Waals surface area contributed by atoms with Crippen LogP contribution >= 0.6 is 0 Å². The number of hydrogen-bond donors (Lipinski definition) is 0. The molecule has 0 spiro atoms. The molecule has 0 saturated carbocycles. The molecular weight excluding hydrogens is 416 g/mol. The number of likely N-dealkylation sites (N-methyl/N-ethyl adjacent to an activating group) is 1. The summed E-state index contributed by atoms with van der Waals surface area (Å²) in [7, 11) is 5.14. The lowest BCUT2D eigenvalue weighted by molar-refractivity contribution is 0.292. The molecule has 0 bridgehead atoms. The lowest BCUT2D eigenvalue weighted by Gasteiger charge is -2.32. The molecule has 0 aromatic heterocycles. The first-order chi connectivity index (χ1) is 20.8. The van der Waals surface area contributed by atoms with Crippen LogP contribution in [0, 0.1) is 17.2 Å². The maximum atomic E-state index is 10.6. The van der Waals surface area contributed by atoms with Crippen LogP contribution in [0.25, 0.3) is 0 Å². The van der Waals surface area contributed by atoms with E-state index in [0.717, 1.165) is 12.1 Å². The van der Waals surface area contributed by atoms with Crippen molar-refractivity contribution in [3.8, 4) is 29.1 Å². The largest absolute Gasteiger partial charge is 0.493 e. The standard InChI is InChI=1S/C27H38N2O4/c1-20(2)27(19-28,22-10-12-24(31-5)26(18-22)33-7)14-8-15-29(3)16-13-21-9-11-23(30-4)25(17-21)32-6/h9-12,17-18,20H,8,13-16H2,1-7H3/i3D3,8D2,13D2,14D2,15D2,16D2. The summed E-state index contributed by atoms with van der Waals surface area (Å²) in [4.78, 5) is -0.626. The lowest BCUT2D eigenvalue weighted by Crippen LogP contribution is -2.32. The molecule has 2 aromatic carbocycles. The smallest absolute Gasteiger partial charge is 0.161 e. The molecule has 0 aliphatic carbocycles. The fourth-order valence-electron chi connectivity index (χ4n) is 3.10. The Morgan fingerprint density at radius 2 is 1.55 bits per heavy atom. The van der Waals surface area contributed by atoms with Crippen LogP contribution in [0.5, 0.6) is 23.0 Å². The monoisotopic (exact) mass is 467 g/mol. The Morgan fingerprint density at radius 1 is 0.939 bits per heavy atom. The fraction of sp³-hybridized carbons (Fsp3) is 0.519. The highest BCUT2D eigenvalue weighted by Gasteiger charge is 2.36. The van der Waals surface area contributed by atoms with Gasteiger partial charge in [-0.25, -0.2) is 0 Å². The van der Waals surface area contributed by atoms with Gasteiger partial charge in [0.1, 0.15) is 0 Å². The zero-order chi connectivity index (χ0) is 35.9. The van der Waals surface area contributed by atoms with E-state index in [0.29, 0.717) is 0 Å². The van der Waals surface area contributed by atoms with E-state index < -0.39 is 60.9 Å². The number of rotatable bonds is 13. The first kappa shape index (κ1) is 13.1. The Balaban J connectivity index is 2.93. The van der Waals surface area contributed by atoms with Gasteiger partial charge in [0.2, 0.25) is 0 Å². The molecule has 33 heavy (non-hydrogen) atoms. The summed E-state index contributed by atoms with van der Waals surface area (Å²) in [6.45, 7) is -9.15. The molecule has 0 saturated heterocycles. The third-order valence-electron chi connectivity index (χ3n) is 5.00. The molecule has 0 radical (unpaired) electrons. The van der Waals surface area contributed by atoms with Gasteiger partial charge < -0.3 is 23.8 Å². The van der Waals surface area contributed by atoms with Gasteiger partial charge in [-0.3, -0.25) is 0 Å². The SMILES string of the molecule is [2H]C([2H])([2H])N(C([2H])([2H])C([2H])([2H])c1ccc(OC)c(OC)c1)C([2H])([2H])C([2H])([2H])C([2H])([2H])C(C#N)(c1ccc(OC)c(OC)c1)C(C)C. The first-order valence-corrected chi connectivity index (χ1v) is 10.0. The average molecular weight is 468 g/mol. The Bertz CT molecular complexity index is 1440. The van der Waals surface area contributed by atoms with Crippen LogP contribution in [0.3, 0.4) is 0 Å². The molecule has 0 heterocycles. The van der Waals surface area contributed by atoms with E-state index in [1.54, 1.807) is 6.07 Å². The minimum atomic E-state index is -4.15. The van der Waals surface area contributed by atoms with Gasteiger partial charge in [0.05, 0.1) is 39.9 Å². The molecule has 0 N–H and O–H groups in total. The van der Waals surface area contributed by atoms with Crippen molar-refractivity contribution in [3.63, 3.8) is 0 Å². The van der Waals surface area contributed by atoms with Crippen molar-refractivity contribution in [2.24, 2.45) is 5.92 Å². The van der Waals surface area contributed by atoms with Crippen LogP contribution in [0.1, 0.15) is 55.5 Å². The normalized spacial score (nSPS) is 21.2. The molecule has 6 nitrogen and oxygen atoms in total. The topological polar surface area (TPSA) is 64.0 Å². The molecule has 0 fully saturated rings. The van der Waals surface area contributed by atoms with E-state index in [4.69, 9.17) is 36.8 Å². The third kappa shape index (κ3) is 6.33. The average Bonchev–Trinajstić information content (AvgIpc) is 2.95.